The number of hydrogen-bond acceptors (Lipinski definition) is 9. The predicted octanol–water partition coefficient (Wildman–Crippen LogP) is 5.73. The van der Waals surface area contributed by atoms with E-state index >= 15 is 0 Å². The lowest BCUT2D eigenvalue weighted by atomic mass is 9.97. The number of hydrogen-bond donors (Lipinski definition) is 2. The average molecular weight is 619 g/mol. The van der Waals surface area contributed by atoms with E-state index in [-0.39, 0.29) is 17.4 Å². The van der Waals surface area contributed by atoms with E-state index in [1.807, 2.05) is 4.90 Å². The Balaban J connectivity index is 1.36. The number of ether oxygens (including phenoxy) is 1. The molecule has 0 spiro atoms. The molecule has 2 N–H and O–H groups in total. The summed E-state index contributed by atoms with van der Waals surface area (Å²) in [6.45, 7) is 6.34. The van der Waals surface area contributed by atoms with Crippen molar-refractivity contribution in [3.8, 4) is 17.0 Å². The summed E-state index contributed by atoms with van der Waals surface area (Å²) in [6, 6.07) is 4.71. The van der Waals surface area contributed by atoms with Gasteiger partial charge in [-0.15, -0.1) is 13.2 Å². The van der Waals surface area contributed by atoms with Gasteiger partial charge in [0.1, 0.15) is 17.3 Å². The van der Waals surface area contributed by atoms with Gasteiger partial charge in [0.25, 0.3) is 5.91 Å². The third kappa shape index (κ3) is 7.79. The number of carbonyl (C=O) groups is 2. The minimum Gasteiger partial charge on any atom is -0.481 e. The largest absolute Gasteiger partial charge is 0.573 e. The smallest absolute Gasteiger partial charge is 0.481 e. The van der Waals surface area contributed by atoms with E-state index in [0.29, 0.717) is 66.3 Å². The number of carbonyl (C=O) groups excluding carboxylic acids is 1. The summed E-state index contributed by atoms with van der Waals surface area (Å²) in [4.78, 5) is 42.7. The molecule has 0 bridgehead atoms. The highest BCUT2D eigenvalue weighted by Crippen LogP contribution is 2.37. The summed E-state index contributed by atoms with van der Waals surface area (Å²) >= 11 is 1.27. The van der Waals surface area contributed by atoms with Gasteiger partial charge in [-0.3, -0.25) is 19.8 Å². The molecule has 10 nitrogen and oxygen atoms in total. The summed E-state index contributed by atoms with van der Waals surface area (Å²) in [5.74, 6) is -1.46. The van der Waals surface area contributed by atoms with Crippen LogP contribution in [0.3, 0.4) is 0 Å². The maximum absolute atomic E-state index is 13.1. The van der Waals surface area contributed by atoms with E-state index in [0.717, 1.165) is 30.7 Å². The van der Waals surface area contributed by atoms with Crippen molar-refractivity contribution in [2.24, 2.45) is 5.92 Å². The van der Waals surface area contributed by atoms with Crippen LogP contribution in [0.25, 0.3) is 11.3 Å². The molecule has 2 aliphatic heterocycles. The molecule has 4 heterocycles. The summed E-state index contributed by atoms with van der Waals surface area (Å²) < 4.78 is 43.2. The molecule has 2 fully saturated rings. The molecule has 43 heavy (non-hydrogen) atoms. The summed E-state index contributed by atoms with van der Waals surface area (Å²) in [5.41, 5.74) is 1.60. The van der Waals surface area contributed by atoms with Crippen LogP contribution in [0.5, 0.6) is 5.75 Å². The fraction of sp³-hybridized carbons (Fsp3) is 0.483. The lowest BCUT2D eigenvalue weighted by Gasteiger charge is -2.33. The van der Waals surface area contributed by atoms with Gasteiger partial charge in [-0.05, 0) is 69.8 Å². The molecule has 1 unspecified atom stereocenters. The average Bonchev–Trinajstić information content (AvgIpc) is 3.35. The SMILES string of the molecule is Cc1cc(OC(F)(F)F)cc(-c2nc(NC(=O)c3cnc(N4CCC(C(=O)O)CC4)cn3)sc2CN2CCCCC2C)c1. The van der Waals surface area contributed by atoms with Crippen LogP contribution in [0.1, 0.15) is 60.0 Å². The van der Waals surface area contributed by atoms with E-state index in [9.17, 15) is 27.9 Å². The van der Waals surface area contributed by atoms with Crippen molar-refractivity contribution < 1.29 is 32.6 Å². The Morgan fingerprint density at radius 1 is 1.09 bits per heavy atom. The Bertz CT molecular complexity index is 1460. The number of nitrogens with one attached hydrogen (secondary N) is 1. The number of halogens is 3. The Morgan fingerprint density at radius 2 is 1.86 bits per heavy atom. The lowest BCUT2D eigenvalue weighted by Crippen LogP contribution is -2.36. The molecule has 14 heteroatoms. The molecule has 230 valence electrons. The van der Waals surface area contributed by atoms with Crippen molar-refractivity contribution in [3.63, 3.8) is 0 Å². The summed E-state index contributed by atoms with van der Waals surface area (Å²) in [6.07, 6.45) is 2.29. The number of aromatic nitrogens is 3. The van der Waals surface area contributed by atoms with Crippen molar-refractivity contribution in [1.29, 1.82) is 0 Å². The van der Waals surface area contributed by atoms with Crippen molar-refractivity contribution in [2.75, 3.05) is 29.9 Å². The van der Waals surface area contributed by atoms with Gasteiger partial charge in [0, 0.05) is 36.1 Å². The topological polar surface area (TPSA) is 121 Å². The highest BCUT2D eigenvalue weighted by atomic mass is 32.1. The Labute approximate surface area is 250 Å². The van der Waals surface area contributed by atoms with Crippen molar-refractivity contribution in [3.05, 3.63) is 46.7 Å². The monoisotopic (exact) mass is 618 g/mol. The highest BCUT2D eigenvalue weighted by Gasteiger charge is 2.32. The number of aliphatic carboxylic acids is 1. The van der Waals surface area contributed by atoms with Gasteiger partial charge in [0.05, 0.1) is 24.0 Å². The zero-order valence-electron chi connectivity index (χ0n) is 23.9. The quantitative estimate of drug-likeness (QED) is 0.326. The van der Waals surface area contributed by atoms with Gasteiger partial charge in [-0.1, -0.05) is 17.8 Å². The number of nitrogens with zero attached hydrogens (tertiary/aromatic N) is 5. The molecule has 3 aromatic rings. The number of thiazole rings is 1. The maximum Gasteiger partial charge on any atom is 0.573 e. The Morgan fingerprint density at radius 3 is 2.51 bits per heavy atom. The van der Waals surface area contributed by atoms with Gasteiger partial charge < -0.3 is 14.7 Å². The van der Waals surface area contributed by atoms with Crippen LogP contribution in [0.15, 0.2) is 30.6 Å². The standard InChI is InChI=1S/C29H33F3N6O4S/c1-17-11-20(13-21(12-17)42-29(30,31)32)25-23(16-38-8-4-3-5-18(38)2)43-28(35-25)36-26(39)22-14-34-24(15-33-22)37-9-6-19(7-10-37)27(40)41/h11-15,18-19H,3-10,16H2,1-2H3,(H,40,41)(H,35,36,39). The normalized spacial score (nSPS) is 18.4. The molecule has 2 saturated heterocycles. The number of rotatable bonds is 8. The second kappa shape index (κ2) is 12.8. The van der Waals surface area contributed by atoms with Crippen molar-refractivity contribution >= 4 is 34.2 Å². The third-order valence-corrected chi connectivity index (χ3v) is 8.76. The Hall–Kier alpha value is -3.78. The fourth-order valence-corrected chi connectivity index (χ4v) is 6.52. The number of benzene rings is 1. The first-order chi connectivity index (χ1) is 20.4. The van der Waals surface area contributed by atoms with Crippen LogP contribution in [0.2, 0.25) is 0 Å². The number of carboxylic acids is 1. The molecule has 2 aromatic heterocycles. The van der Waals surface area contributed by atoms with Gasteiger partial charge in [0.15, 0.2) is 5.13 Å². The third-order valence-electron chi connectivity index (χ3n) is 7.80. The van der Waals surface area contributed by atoms with Crippen molar-refractivity contribution in [2.45, 2.75) is 64.9 Å². The molecular weight excluding hydrogens is 585 g/mol. The summed E-state index contributed by atoms with van der Waals surface area (Å²) in [7, 11) is 0. The second-order valence-electron chi connectivity index (χ2n) is 11.0. The highest BCUT2D eigenvalue weighted by molar-refractivity contribution is 7.16. The second-order valence-corrected chi connectivity index (χ2v) is 12.1. The van der Waals surface area contributed by atoms with E-state index in [4.69, 9.17) is 0 Å². The van der Waals surface area contributed by atoms with Crippen LogP contribution < -0.4 is 15.0 Å². The summed E-state index contributed by atoms with van der Waals surface area (Å²) in [5, 5.41) is 12.3. The number of alkyl halides is 3. The van der Waals surface area contributed by atoms with Gasteiger partial charge in [-0.2, -0.15) is 0 Å². The molecule has 0 aliphatic carbocycles. The molecule has 5 rings (SSSR count). The minimum absolute atomic E-state index is 0.0727. The van der Waals surface area contributed by atoms with Gasteiger partial charge in [-0.25, -0.2) is 15.0 Å². The van der Waals surface area contributed by atoms with Crippen LogP contribution >= 0.6 is 11.3 Å². The molecule has 2 aliphatic rings. The van der Waals surface area contributed by atoms with E-state index in [1.165, 1.54) is 35.9 Å². The van der Waals surface area contributed by atoms with Crippen LogP contribution in [-0.2, 0) is 11.3 Å². The molecular formula is C29H33F3N6O4S. The van der Waals surface area contributed by atoms with Crippen LogP contribution in [0.4, 0.5) is 24.1 Å². The first kappa shape index (κ1) is 30.7. The van der Waals surface area contributed by atoms with E-state index in [2.05, 4.69) is 36.8 Å². The van der Waals surface area contributed by atoms with Gasteiger partial charge in [0.2, 0.25) is 0 Å². The number of likely N-dealkylation sites (tertiary alicyclic amines) is 1. The number of anilines is 2. The number of piperidine rings is 2. The number of carboxylic acid groups (broad SMARTS) is 1. The first-order valence-electron chi connectivity index (χ1n) is 14.2. The maximum atomic E-state index is 13.1. The van der Waals surface area contributed by atoms with Crippen molar-refractivity contribution in [1.82, 2.24) is 19.9 Å². The first-order valence-corrected chi connectivity index (χ1v) is 15.0. The number of aryl methyl sites for hydroxylation is 1. The molecule has 1 aromatic carbocycles. The van der Waals surface area contributed by atoms with E-state index in [1.54, 1.807) is 13.0 Å². The van der Waals surface area contributed by atoms with Gasteiger partial charge >= 0.3 is 12.3 Å². The molecule has 1 amide bonds. The zero-order chi connectivity index (χ0) is 30.7. The lowest BCUT2D eigenvalue weighted by molar-refractivity contribution is -0.274. The minimum atomic E-state index is -4.83. The Kier molecular flexibility index (Phi) is 9.16. The fourth-order valence-electron chi connectivity index (χ4n) is 5.51. The predicted molar refractivity (Wildman–Crippen MR) is 155 cm³/mol. The molecule has 1 atom stereocenters. The molecule has 0 radical (unpaired) electrons. The van der Waals surface area contributed by atoms with Crippen LogP contribution in [-0.4, -0.2) is 68.9 Å². The zero-order valence-corrected chi connectivity index (χ0v) is 24.7. The molecule has 0 saturated carbocycles. The van der Waals surface area contributed by atoms with E-state index < -0.39 is 18.2 Å². The van der Waals surface area contributed by atoms with Crippen LogP contribution in [0, 0.1) is 12.8 Å². The number of amides is 1.